The van der Waals surface area contributed by atoms with Gasteiger partial charge in [0.25, 0.3) is 0 Å². The molecule has 0 radical (unpaired) electrons. The Morgan fingerprint density at radius 3 is 2.76 bits per heavy atom. The Kier molecular flexibility index (Phi) is 4.75. The summed E-state index contributed by atoms with van der Waals surface area (Å²) in [5.74, 6) is 0.906. The number of alkyl halides is 1. The highest BCUT2D eigenvalue weighted by molar-refractivity contribution is 9.08. The fraction of sp³-hybridized carbons (Fsp3) is 0.571. The molecule has 17 heavy (non-hydrogen) atoms. The summed E-state index contributed by atoms with van der Waals surface area (Å²) in [6, 6.07) is 6.22. The van der Waals surface area contributed by atoms with E-state index in [-0.39, 0.29) is 0 Å². The monoisotopic (exact) mass is 315 g/mol. The van der Waals surface area contributed by atoms with Crippen molar-refractivity contribution in [3.8, 4) is 0 Å². The van der Waals surface area contributed by atoms with Gasteiger partial charge in [-0.05, 0) is 37.3 Å². The summed E-state index contributed by atoms with van der Waals surface area (Å²) in [6.45, 7) is 4.54. The van der Waals surface area contributed by atoms with E-state index in [9.17, 15) is 0 Å². The third-order valence-corrected chi connectivity index (χ3v) is 4.15. The molecule has 2 rings (SSSR count). The normalized spacial score (nSPS) is 15.0. The van der Waals surface area contributed by atoms with Crippen LogP contribution in [0.5, 0.6) is 0 Å². The maximum absolute atomic E-state index is 6.27. The fourth-order valence-corrected chi connectivity index (χ4v) is 3.16. The van der Waals surface area contributed by atoms with Gasteiger partial charge in [0, 0.05) is 34.7 Å². The number of halogens is 2. The zero-order valence-electron chi connectivity index (χ0n) is 10.3. The second kappa shape index (κ2) is 6.10. The van der Waals surface area contributed by atoms with Crippen molar-refractivity contribution in [2.45, 2.75) is 31.5 Å². The standard InChI is InChI=1S/C14H19BrClN/c1-2-8-17(10-11-6-7-11)14-5-3-4-13(16)12(14)9-15/h3-5,11H,2,6-10H2,1H3. The molecule has 1 fully saturated rings. The molecule has 0 spiro atoms. The molecule has 1 aromatic carbocycles. The van der Waals surface area contributed by atoms with Gasteiger partial charge < -0.3 is 4.90 Å². The zero-order chi connectivity index (χ0) is 12.3. The first kappa shape index (κ1) is 13.2. The quantitative estimate of drug-likeness (QED) is 0.677. The Morgan fingerprint density at radius 2 is 2.18 bits per heavy atom. The first-order valence-corrected chi connectivity index (χ1v) is 7.84. The molecule has 3 heteroatoms. The number of rotatable bonds is 6. The van der Waals surface area contributed by atoms with Gasteiger partial charge in [0.2, 0.25) is 0 Å². The first-order valence-electron chi connectivity index (χ1n) is 6.34. The molecule has 1 aliphatic carbocycles. The van der Waals surface area contributed by atoms with E-state index in [1.165, 1.54) is 37.1 Å². The molecule has 1 aliphatic rings. The van der Waals surface area contributed by atoms with Crippen molar-refractivity contribution in [1.29, 1.82) is 0 Å². The molecule has 0 unspecified atom stereocenters. The van der Waals surface area contributed by atoms with Crippen molar-refractivity contribution < 1.29 is 0 Å². The molecular formula is C14H19BrClN. The van der Waals surface area contributed by atoms with Gasteiger partial charge in [-0.2, -0.15) is 0 Å². The number of hydrogen-bond acceptors (Lipinski definition) is 1. The van der Waals surface area contributed by atoms with Crippen LogP contribution in [0.4, 0.5) is 5.69 Å². The summed E-state index contributed by atoms with van der Waals surface area (Å²) >= 11 is 9.82. The summed E-state index contributed by atoms with van der Waals surface area (Å²) in [7, 11) is 0. The van der Waals surface area contributed by atoms with Crippen LogP contribution in [0.25, 0.3) is 0 Å². The molecule has 1 aromatic rings. The number of hydrogen-bond donors (Lipinski definition) is 0. The predicted octanol–water partition coefficient (Wildman–Crippen LogP) is 4.86. The minimum absolute atomic E-state index is 0.826. The molecular weight excluding hydrogens is 298 g/mol. The molecule has 1 saturated carbocycles. The molecule has 0 N–H and O–H groups in total. The Morgan fingerprint density at radius 1 is 1.41 bits per heavy atom. The highest BCUT2D eigenvalue weighted by Gasteiger charge is 2.25. The predicted molar refractivity (Wildman–Crippen MR) is 79.3 cm³/mol. The molecule has 0 heterocycles. The highest BCUT2D eigenvalue weighted by Crippen LogP contribution is 2.35. The summed E-state index contributed by atoms with van der Waals surface area (Å²) in [5, 5.41) is 1.70. The number of benzene rings is 1. The number of anilines is 1. The van der Waals surface area contributed by atoms with Gasteiger partial charge in [-0.15, -0.1) is 0 Å². The van der Waals surface area contributed by atoms with Crippen LogP contribution in [0.1, 0.15) is 31.7 Å². The molecule has 0 bridgehead atoms. The lowest BCUT2D eigenvalue weighted by Crippen LogP contribution is -2.27. The molecule has 94 valence electrons. The van der Waals surface area contributed by atoms with Gasteiger partial charge in [0.05, 0.1) is 0 Å². The van der Waals surface area contributed by atoms with Crippen molar-refractivity contribution in [1.82, 2.24) is 0 Å². The van der Waals surface area contributed by atoms with E-state index in [2.05, 4.69) is 39.9 Å². The van der Waals surface area contributed by atoms with Crippen molar-refractivity contribution in [2.75, 3.05) is 18.0 Å². The van der Waals surface area contributed by atoms with E-state index >= 15 is 0 Å². The first-order chi connectivity index (χ1) is 8.26. The highest BCUT2D eigenvalue weighted by atomic mass is 79.9. The van der Waals surface area contributed by atoms with Crippen molar-refractivity contribution in [3.05, 3.63) is 28.8 Å². The van der Waals surface area contributed by atoms with Gasteiger partial charge in [0.1, 0.15) is 0 Å². The summed E-state index contributed by atoms with van der Waals surface area (Å²) < 4.78 is 0. The van der Waals surface area contributed by atoms with Gasteiger partial charge in [-0.1, -0.05) is 40.5 Å². The zero-order valence-corrected chi connectivity index (χ0v) is 12.6. The molecule has 0 saturated heterocycles. The maximum Gasteiger partial charge on any atom is 0.0467 e. The molecule has 0 aliphatic heterocycles. The Hall–Kier alpha value is -0.210. The van der Waals surface area contributed by atoms with Crippen molar-refractivity contribution >= 4 is 33.2 Å². The van der Waals surface area contributed by atoms with Crippen LogP contribution in [-0.4, -0.2) is 13.1 Å². The Bertz CT molecular complexity index is 376. The topological polar surface area (TPSA) is 3.24 Å². The molecule has 0 aromatic heterocycles. The molecule has 1 nitrogen and oxygen atoms in total. The van der Waals surface area contributed by atoms with E-state index in [0.717, 1.165) is 22.8 Å². The summed E-state index contributed by atoms with van der Waals surface area (Å²) in [4.78, 5) is 2.50. The minimum Gasteiger partial charge on any atom is -0.371 e. The average Bonchev–Trinajstić information content (AvgIpc) is 3.12. The van der Waals surface area contributed by atoms with E-state index in [4.69, 9.17) is 11.6 Å². The van der Waals surface area contributed by atoms with Gasteiger partial charge in [-0.3, -0.25) is 0 Å². The Labute approximate surface area is 117 Å². The third-order valence-electron chi connectivity index (χ3n) is 3.24. The maximum atomic E-state index is 6.27. The van der Waals surface area contributed by atoms with Gasteiger partial charge >= 0.3 is 0 Å². The van der Waals surface area contributed by atoms with E-state index in [1.807, 2.05) is 6.07 Å². The van der Waals surface area contributed by atoms with Crippen LogP contribution >= 0.6 is 27.5 Å². The second-order valence-corrected chi connectivity index (χ2v) is 5.73. The molecule has 0 amide bonds. The van der Waals surface area contributed by atoms with E-state index in [1.54, 1.807) is 0 Å². The van der Waals surface area contributed by atoms with Crippen LogP contribution in [0.15, 0.2) is 18.2 Å². The van der Waals surface area contributed by atoms with Crippen molar-refractivity contribution in [3.63, 3.8) is 0 Å². The lowest BCUT2D eigenvalue weighted by atomic mass is 10.1. The smallest absolute Gasteiger partial charge is 0.0467 e. The number of nitrogens with zero attached hydrogens (tertiary/aromatic N) is 1. The van der Waals surface area contributed by atoms with Gasteiger partial charge in [-0.25, -0.2) is 0 Å². The van der Waals surface area contributed by atoms with Crippen LogP contribution in [0, 0.1) is 5.92 Å². The molecule has 0 atom stereocenters. The average molecular weight is 317 g/mol. The van der Waals surface area contributed by atoms with Gasteiger partial charge in [0.15, 0.2) is 0 Å². The lowest BCUT2D eigenvalue weighted by Gasteiger charge is -2.27. The fourth-order valence-electron chi connectivity index (χ4n) is 2.17. The van der Waals surface area contributed by atoms with Crippen LogP contribution in [0.2, 0.25) is 5.02 Å². The van der Waals surface area contributed by atoms with E-state index in [0.29, 0.717) is 0 Å². The summed E-state index contributed by atoms with van der Waals surface area (Å²) in [6.07, 6.45) is 3.97. The van der Waals surface area contributed by atoms with Crippen LogP contribution in [0.3, 0.4) is 0 Å². The van der Waals surface area contributed by atoms with Crippen LogP contribution in [-0.2, 0) is 5.33 Å². The summed E-state index contributed by atoms with van der Waals surface area (Å²) in [5.41, 5.74) is 2.53. The largest absolute Gasteiger partial charge is 0.371 e. The van der Waals surface area contributed by atoms with E-state index < -0.39 is 0 Å². The third kappa shape index (κ3) is 3.38. The minimum atomic E-state index is 0.826. The Balaban J connectivity index is 2.23. The van der Waals surface area contributed by atoms with Crippen molar-refractivity contribution in [2.24, 2.45) is 5.92 Å². The van der Waals surface area contributed by atoms with Crippen LogP contribution < -0.4 is 4.90 Å². The second-order valence-electron chi connectivity index (χ2n) is 4.76. The lowest BCUT2D eigenvalue weighted by molar-refractivity contribution is 0.706. The SMILES string of the molecule is CCCN(CC1CC1)c1cccc(Cl)c1CBr.